The lowest BCUT2D eigenvalue weighted by Crippen LogP contribution is -2.30. The van der Waals surface area contributed by atoms with Gasteiger partial charge in [0.05, 0.1) is 0 Å². The topological polar surface area (TPSA) is 37.3 Å². The SMILES string of the molecule is CCCC[C@@H](C(=O)O)C(F)(F)F. The van der Waals surface area contributed by atoms with Crippen LogP contribution in [0.2, 0.25) is 0 Å². The molecule has 0 radical (unpaired) electrons. The van der Waals surface area contributed by atoms with Crippen LogP contribution in [0, 0.1) is 5.92 Å². The minimum atomic E-state index is -4.61. The number of hydrogen-bond acceptors (Lipinski definition) is 1. The van der Waals surface area contributed by atoms with Gasteiger partial charge in [-0.3, -0.25) is 4.79 Å². The van der Waals surface area contributed by atoms with E-state index < -0.39 is 18.1 Å². The smallest absolute Gasteiger partial charge is 0.402 e. The minimum absolute atomic E-state index is 0.288. The molecule has 0 aliphatic heterocycles. The molecule has 0 bridgehead atoms. The first-order valence-electron chi connectivity index (χ1n) is 3.69. The lowest BCUT2D eigenvalue weighted by atomic mass is 10.0. The summed E-state index contributed by atoms with van der Waals surface area (Å²) in [6, 6.07) is 0. The van der Waals surface area contributed by atoms with E-state index in [9.17, 15) is 18.0 Å². The van der Waals surface area contributed by atoms with E-state index >= 15 is 0 Å². The summed E-state index contributed by atoms with van der Waals surface area (Å²) in [5.41, 5.74) is 0. The van der Waals surface area contributed by atoms with Crippen molar-refractivity contribution in [2.75, 3.05) is 0 Å². The fourth-order valence-corrected chi connectivity index (χ4v) is 0.835. The molecule has 0 aliphatic carbocycles. The molecule has 5 heteroatoms. The lowest BCUT2D eigenvalue weighted by Gasteiger charge is -2.14. The van der Waals surface area contributed by atoms with E-state index in [0.717, 1.165) is 0 Å². The summed E-state index contributed by atoms with van der Waals surface area (Å²) in [6.07, 6.45) is -4.08. The first kappa shape index (κ1) is 11.3. The predicted octanol–water partition coefficient (Wildman–Crippen LogP) is 2.44. The Hall–Kier alpha value is -0.740. The molecule has 0 aromatic heterocycles. The number of unbranched alkanes of at least 4 members (excludes halogenated alkanes) is 1. The summed E-state index contributed by atoms with van der Waals surface area (Å²) >= 11 is 0. The zero-order chi connectivity index (χ0) is 9.78. The van der Waals surface area contributed by atoms with Gasteiger partial charge in [-0.25, -0.2) is 0 Å². The first-order chi connectivity index (χ1) is 5.39. The third kappa shape index (κ3) is 3.59. The van der Waals surface area contributed by atoms with E-state index in [1.54, 1.807) is 6.92 Å². The molecule has 0 fully saturated rings. The Morgan fingerprint density at radius 2 is 2.00 bits per heavy atom. The molecule has 12 heavy (non-hydrogen) atoms. The molecule has 1 atom stereocenters. The third-order valence-corrected chi connectivity index (χ3v) is 1.54. The minimum Gasteiger partial charge on any atom is -0.481 e. The number of hydrogen-bond donors (Lipinski definition) is 1. The second kappa shape index (κ2) is 4.33. The van der Waals surface area contributed by atoms with Gasteiger partial charge in [-0.15, -0.1) is 0 Å². The number of aliphatic carboxylic acids is 1. The largest absolute Gasteiger partial charge is 0.481 e. The molecule has 0 aromatic carbocycles. The number of halogens is 3. The van der Waals surface area contributed by atoms with E-state index in [0.29, 0.717) is 6.42 Å². The van der Waals surface area contributed by atoms with Crippen LogP contribution in [-0.4, -0.2) is 17.3 Å². The zero-order valence-corrected chi connectivity index (χ0v) is 6.69. The van der Waals surface area contributed by atoms with Crippen molar-refractivity contribution in [2.45, 2.75) is 32.4 Å². The number of carbonyl (C=O) groups is 1. The first-order valence-corrected chi connectivity index (χ1v) is 3.69. The van der Waals surface area contributed by atoms with Crippen molar-refractivity contribution in [1.29, 1.82) is 0 Å². The Balaban J connectivity index is 4.15. The van der Waals surface area contributed by atoms with Gasteiger partial charge in [0, 0.05) is 0 Å². The Bertz CT molecular complexity index is 153. The molecule has 0 aromatic rings. The standard InChI is InChI=1S/C7H11F3O2/c1-2-3-4-5(6(11)12)7(8,9)10/h5H,2-4H2,1H3,(H,11,12)/t5-/m0/s1. The van der Waals surface area contributed by atoms with Crippen LogP contribution in [0.15, 0.2) is 0 Å². The Morgan fingerprint density at radius 1 is 1.50 bits per heavy atom. The molecule has 72 valence electrons. The molecule has 1 N–H and O–H groups in total. The maximum Gasteiger partial charge on any atom is 0.402 e. The van der Waals surface area contributed by atoms with Crippen molar-refractivity contribution in [1.82, 2.24) is 0 Å². The van der Waals surface area contributed by atoms with E-state index in [1.165, 1.54) is 0 Å². The van der Waals surface area contributed by atoms with Crippen molar-refractivity contribution in [3.63, 3.8) is 0 Å². The van der Waals surface area contributed by atoms with Crippen molar-refractivity contribution in [3.8, 4) is 0 Å². The Morgan fingerprint density at radius 3 is 2.25 bits per heavy atom. The van der Waals surface area contributed by atoms with Crippen molar-refractivity contribution in [3.05, 3.63) is 0 Å². The van der Waals surface area contributed by atoms with Crippen LogP contribution in [0.4, 0.5) is 13.2 Å². The van der Waals surface area contributed by atoms with E-state index in [2.05, 4.69) is 0 Å². The average molecular weight is 184 g/mol. The Kier molecular flexibility index (Phi) is 4.06. The molecular formula is C7H11F3O2. The maximum atomic E-state index is 11.9. The van der Waals surface area contributed by atoms with E-state index in [1.807, 2.05) is 0 Å². The predicted molar refractivity (Wildman–Crippen MR) is 36.7 cm³/mol. The van der Waals surface area contributed by atoms with Crippen LogP contribution in [0.25, 0.3) is 0 Å². The van der Waals surface area contributed by atoms with E-state index in [4.69, 9.17) is 5.11 Å². The molecule has 0 heterocycles. The summed E-state index contributed by atoms with van der Waals surface area (Å²) in [7, 11) is 0. The van der Waals surface area contributed by atoms with Crippen molar-refractivity contribution >= 4 is 5.97 Å². The summed E-state index contributed by atoms with van der Waals surface area (Å²) in [5.74, 6) is -3.98. The molecule has 0 rings (SSSR count). The second-order valence-electron chi connectivity index (χ2n) is 2.57. The van der Waals surface area contributed by atoms with E-state index in [-0.39, 0.29) is 12.8 Å². The van der Waals surface area contributed by atoms with Gasteiger partial charge in [-0.05, 0) is 6.42 Å². The number of carboxylic acids is 1. The summed E-state index contributed by atoms with van der Waals surface area (Å²) < 4.78 is 35.7. The molecular weight excluding hydrogens is 173 g/mol. The number of alkyl halides is 3. The molecule has 0 unspecified atom stereocenters. The third-order valence-electron chi connectivity index (χ3n) is 1.54. The van der Waals surface area contributed by atoms with Gasteiger partial charge in [0.15, 0.2) is 5.92 Å². The van der Waals surface area contributed by atoms with Gasteiger partial charge < -0.3 is 5.11 Å². The fraction of sp³-hybridized carbons (Fsp3) is 0.857. The van der Waals surface area contributed by atoms with Crippen LogP contribution < -0.4 is 0 Å². The lowest BCUT2D eigenvalue weighted by molar-refractivity contribution is -0.194. The quantitative estimate of drug-likeness (QED) is 0.728. The fourth-order valence-electron chi connectivity index (χ4n) is 0.835. The highest BCUT2D eigenvalue weighted by atomic mass is 19.4. The molecule has 0 saturated heterocycles. The molecule has 0 aliphatic rings. The van der Waals surface area contributed by atoms with Crippen LogP contribution >= 0.6 is 0 Å². The van der Waals surface area contributed by atoms with Crippen LogP contribution in [-0.2, 0) is 4.79 Å². The highest BCUT2D eigenvalue weighted by Crippen LogP contribution is 2.30. The van der Waals surface area contributed by atoms with Crippen LogP contribution in [0.3, 0.4) is 0 Å². The van der Waals surface area contributed by atoms with Crippen LogP contribution in [0.5, 0.6) is 0 Å². The van der Waals surface area contributed by atoms with Gasteiger partial charge in [0.2, 0.25) is 0 Å². The van der Waals surface area contributed by atoms with Crippen molar-refractivity contribution < 1.29 is 23.1 Å². The van der Waals surface area contributed by atoms with Crippen LogP contribution in [0.1, 0.15) is 26.2 Å². The van der Waals surface area contributed by atoms with Gasteiger partial charge in [0.1, 0.15) is 0 Å². The number of rotatable bonds is 4. The highest BCUT2D eigenvalue weighted by molar-refractivity contribution is 5.70. The van der Waals surface area contributed by atoms with Gasteiger partial charge in [0.25, 0.3) is 0 Å². The number of carboxylic acid groups (broad SMARTS) is 1. The monoisotopic (exact) mass is 184 g/mol. The van der Waals surface area contributed by atoms with Gasteiger partial charge >= 0.3 is 12.1 Å². The maximum absolute atomic E-state index is 11.9. The summed E-state index contributed by atoms with van der Waals surface area (Å²) in [6.45, 7) is 1.72. The highest BCUT2D eigenvalue weighted by Gasteiger charge is 2.44. The zero-order valence-electron chi connectivity index (χ0n) is 6.69. The van der Waals surface area contributed by atoms with Crippen molar-refractivity contribution in [2.24, 2.45) is 5.92 Å². The summed E-state index contributed by atoms with van der Waals surface area (Å²) in [4.78, 5) is 10.1. The second-order valence-corrected chi connectivity index (χ2v) is 2.57. The molecule has 0 spiro atoms. The Labute approximate surface area is 68.4 Å². The molecule has 0 amide bonds. The van der Waals surface area contributed by atoms with Gasteiger partial charge in [-0.2, -0.15) is 13.2 Å². The summed E-state index contributed by atoms with van der Waals surface area (Å²) in [5, 5.41) is 8.22. The van der Waals surface area contributed by atoms with Gasteiger partial charge in [-0.1, -0.05) is 19.8 Å². The normalized spacial score (nSPS) is 14.3. The molecule has 2 nitrogen and oxygen atoms in total. The molecule has 0 saturated carbocycles. The average Bonchev–Trinajstić information content (AvgIpc) is 1.84.